The Morgan fingerprint density at radius 3 is 2.14 bits per heavy atom. The van der Waals surface area contributed by atoms with Gasteiger partial charge in [0.25, 0.3) is 0 Å². The quantitative estimate of drug-likeness (QED) is 0.563. The first-order chi connectivity index (χ1) is 13.4. The van der Waals surface area contributed by atoms with Crippen LogP contribution in [0.3, 0.4) is 0 Å². The molecule has 1 aliphatic heterocycles. The van der Waals surface area contributed by atoms with Crippen molar-refractivity contribution in [2.75, 3.05) is 6.54 Å². The summed E-state index contributed by atoms with van der Waals surface area (Å²) in [6, 6.07) is 24.5. The summed E-state index contributed by atoms with van der Waals surface area (Å²) in [5, 5.41) is 0.647. The van der Waals surface area contributed by atoms with Crippen molar-refractivity contribution in [2.24, 2.45) is 0 Å². The minimum atomic E-state index is -3.60. The van der Waals surface area contributed by atoms with Crippen molar-refractivity contribution in [3.63, 3.8) is 0 Å². The molecule has 0 N–H and O–H groups in total. The zero-order chi connectivity index (χ0) is 19.7. The molecule has 2 atom stereocenters. The van der Waals surface area contributed by atoms with Gasteiger partial charge >= 0.3 is 0 Å². The topological polar surface area (TPSA) is 37.4 Å². The van der Waals surface area contributed by atoms with Crippen molar-refractivity contribution < 1.29 is 8.42 Å². The second-order valence-corrected chi connectivity index (χ2v) is 9.63. The zero-order valence-corrected chi connectivity index (χ0v) is 17.2. The maximum Gasteiger partial charge on any atom is 0.243 e. The first-order valence-corrected chi connectivity index (χ1v) is 11.2. The van der Waals surface area contributed by atoms with Crippen molar-refractivity contribution >= 4 is 21.6 Å². The first-order valence-electron chi connectivity index (χ1n) is 9.34. The molecule has 0 bridgehead atoms. The van der Waals surface area contributed by atoms with Crippen LogP contribution >= 0.6 is 11.6 Å². The fourth-order valence-corrected chi connectivity index (χ4v) is 5.67. The van der Waals surface area contributed by atoms with Crippen LogP contribution in [-0.2, 0) is 10.0 Å². The number of halogens is 1. The van der Waals surface area contributed by atoms with Crippen LogP contribution in [0.1, 0.15) is 35.1 Å². The molecule has 1 aliphatic rings. The van der Waals surface area contributed by atoms with Crippen LogP contribution in [-0.4, -0.2) is 19.3 Å². The molecule has 28 heavy (non-hydrogen) atoms. The Morgan fingerprint density at radius 1 is 0.857 bits per heavy atom. The van der Waals surface area contributed by atoms with Crippen LogP contribution in [0, 0.1) is 6.92 Å². The van der Waals surface area contributed by atoms with Gasteiger partial charge < -0.3 is 0 Å². The fraction of sp³-hybridized carbons (Fsp3) is 0.217. The van der Waals surface area contributed by atoms with Gasteiger partial charge in [0, 0.05) is 11.6 Å². The Hall–Kier alpha value is -2.14. The molecule has 0 saturated carbocycles. The van der Waals surface area contributed by atoms with Crippen LogP contribution in [0.5, 0.6) is 0 Å². The van der Waals surface area contributed by atoms with Crippen LogP contribution in [0.2, 0.25) is 5.02 Å². The molecular weight excluding hydrogens is 390 g/mol. The van der Waals surface area contributed by atoms with E-state index < -0.39 is 10.0 Å². The Kier molecular flexibility index (Phi) is 5.28. The summed E-state index contributed by atoms with van der Waals surface area (Å²) in [5.41, 5.74) is 3.18. The summed E-state index contributed by atoms with van der Waals surface area (Å²) in [6.45, 7) is 2.42. The molecule has 0 spiro atoms. The molecule has 1 fully saturated rings. The van der Waals surface area contributed by atoms with Crippen LogP contribution in [0.4, 0.5) is 0 Å². The number of benzene rings is 3. The molecule has 3 nitrogen and oxygen atoms in total. The largest absolute Gasteiger partial charge is 0.243 e. The van der Waals surface area contributed by atoms with Gasteiger partial charge in [-0.1, -0.05) is 71.8 Å². The van der Waals surface area contributed by atoms with Crippen LogP contribution in [0.15, 0.2) is 83.8 Å². The third-order valence-corrected chi connectivity index (χ3v) is 7.55. The smallest absolute Gasteiger partial charge is 0.207 e. The van der Waals surface area contributed by atoms with E-state index in [0.29, 0.717) is 16.5 Å². The van der Waals surface area contributed by atoms with Crippen molar-refractivity contribution in [3.8, 4) is 0 Å². The van der Waals surface area contributed by atoms with Crippen molar-refractivity contribution in [3.05, 3.63) is 101 Å². The maximum absolute atomic E-state index is 13.5. The lowest BCUT2D eigenvalue weighted by atomic mass is 9.94. The minimum Gasteiger partial charge on any atom is -0.207 e. The standard InChI is InChI=1S/C23H22ClNO2S/c1-17-7-13-22(14-8-17)28(26,27)25-16-20(18-5-3-2-4-6-18)15-23(25)19-9-11-21(24)12-10-19/h2-14,20,23H,15-16H2,1H3/t20-,23+/m0/s1. The number of rotatable bonds is 4. The number of sulfonamides is 1. The lowest BCUT2D eigenvalue weighted by molar-refractivity contribution is 0.396. The Labute approximate surface area is 171 Å². The van der Waals surface area contributed by atoms with Gasteiger partial charge in [0.15, 0.2) is 0 Å². The van der Waals surface area contributed by atoms with E-state index >= 15 is 0 Å². The van der Waals surface area contributed by atoms with E-state index in [4.69, 9.17) is 11.6 Å². The first kappa shape index (κ1) is 19.2. The molecule has 144 valence electrons. The summed E-state index contributed by atoms with van der Waals surface area (Å²) >= 11 is 6.05. The maximum atomic E-state index is 13.5. The van der Waals surface area contributed by atoms with E-state index in [2.05, 4.69) is 12.1 Å². The predicted molar refractivity (Wildman–Crippen MR) is 113 cm³/mol. The number of hydrogen-bond donors (Lipinski definition) is 0. The number of nitrogens with zero attached hydrogens (tertiary/aromatic N) is 1. The highest BCUT2D eigenvalue weighted by atomic mass is 35.5. The Morgan fingerprint density at radius 2 is 1.50 bits per heavy atom. The van der Waals surface area contributed by atoms with Gasteiger partial charge in [-0.25, -0.2) is 8.42 Å². The highest BCUT2D eigenvalue weighted by Crippen LogP contribution is 2.43. The van der Waals surface area contributed by atoms with Gasteiger partial charge in [0.1, 0.15) is 0 Å². The van der Waals surface area contributed by atoms with Crippen molar-refractivity contribution in [1.29, 1.82) is 0 Å². The monoisotopic (exact) mass is 411 g/mol. The van der Waals surface area contributed by atoms with Crippen molar-refractivity contribution in [2.45, 2.75) is 30.2 Å². The molecule has 4 rings (SSSR count). The predicted octanol–water partition coefficient (Wildman–Crippen LogP) is 5.57. The van der Waals surface area contributed by atoms with E-state index in [9.17, 15) is 8.42 Å². The van der Waals surface area contributed by atoms with E-state index in [-0.39, 0.29) is 12.0 Å². The summed E-state index contributed by atoms with van der Waals surface area (Å²) in [7, 11) is -3.60. The van der Waals surface area contributed by atoms with Gasteiger partial charge in [0.2, 0.25) is 10.0 Å². The van der Waals surface area contributed by atoms with E-state index in [0.717, 1.165) is 17.5 Å². The summed E-state index contributed by atoms with van der Waals surface area (Å²) < 4.78 is 28.6. The minimum absolute atomic E-state index is 0.155. The summed E-state index contributed by atoms with van der Waals surface area (Å²) in [6.07, 6.45) is 0.747. The van der Waals surface area contributed by atoms with Crippen LogP contribution < -0.4 is 0 Å². The summed E-state index contributed by atoms with van der Waals surface area (Å²) in [5.74, 6) is 0.155. The average molecular weight is 412 g/mol. The van der Waals surface area contributed by atoms with E-state index in [1.54, 1.807) is 16.4 Å². The molecule has 1 heterocycles. The molecule has 0 radical (unpaired) electrons. The normalized spacial score (nSPS) is 20.4. The van der Waals surface area contributed by atoms with E-state index in [1.165, 1.54) is 5.56 Å². The lowest BCUT2D eigenvalue weighted by Gasteiger charge is -2.24. The second kappa shape index (κ2) is 7.70. The third-order valence-electron chi connectivity index (χ3n) is 5.41. The molecule has 3 aromatic carbocycles. The average Bonchev–Trinajstić information content (AvgIpc) is 3.16. The fourth-order valence-electron chi connectivity index (χ4n) is 3.87. The third kappa shape index (κ3) is 3.72. The Bertz CT molecular complexity index is 1050. The second-order valence-electron chi connectivity index (χ2n) is 7.30. The molecule has 3 aromatic rings. The molecule has 0 amide bonds. The molecule has 5 heteroatoms. The van der Waals surface area contributed by atoms with Gasteiger partial charge in [-0.3, -0.25) is 0 Å². The van der Waals surface area contributed by atoms with E-state index in [1.807, 2.05) is 61.5 Å². The molecule has 0 aliphatic carbocycles. The van der Waals surface area contributed by atoms with Gasteiger partial charge in [0.05, 0.1) is 10.9 Å². The number of aryl methyl sites for hydroxylation is 1. The zero-order valence-electron chi connectivity index (χ0n) is 15.6. The SMILES string of the molecule is Cc1ccc(S(=O)(=O)N2C[C@@H](c3ccccc3)C[C@@H]2c2ccc(Cl)cc2)cc1. The Balaban J connectivity index is 1.74. The van der Waals surface area contributed by atoms with Gasteiger partial charge in [-0.2, -0.15) is 4.31 Å². The van der Waals surface area contributed by atoms with Gasteiger partial charge in [-0.15, -0.1) is 0 Å². The summed E-state index contributed by atoms with van der Waals surface area (Å²) in [4.78, 5) is 0.339. The van der Waals surface area contributed by atoms with Crippen molar-refractivity contribution in [1.82, 2.24) is 4.31 Å². The highest BCUT2D eigenvalue weighted by molar-refractivity contribution is 7.89. The number of hydrogen-bond acceptors (Lipinski definition) is 2. The molecule has 0 aromatic heterocycles. The molecule has 0 unspecified atom stereocenters. The lowest BCUT2D eigenvalue weighted by Crippen LogP contribution is -2.31. The van der Waals surface area contributed by atoms with Crippen LogP contribution in [0.25, 0.3) is 0 Å². The molecule has 1 saturated heterocycles. The highest BCUT2D eigenvalue weighted by Gasteiger charge is 2.41. The van der Waals surface area contributed by atoms with Gasteiger partial charge in [-0.05, 0) is 54.7 Å². The molecular formula is C23H22ClNO2S.